The number of carbonyl (C=O) groups is 1. The van der Waals surface area contributed by atoms with Gasteiger partial charge in [-0.2, -0.15) is 5.26 Å². The number of fused-ring (bicyclic) bond motifs is 1. The Morgan fingerprint density at radius 1 is 1.48 bits per heavy atom. The summed E-state index contributed by atoms with van der Waals surface area (Å²) in [5.41, 5.74) is 2.02. The molecule has 2 aliphatic heterocycles. The minimum absolute atomic E-state index is 0.140. The first kappa shape index (κ1) is 19.8. The first-order valence-electron chi connectivity index (χ1n) is 10.1. The second-order valence-electron chi connectivity index (χ2n) is 7.87. The monoisotopic (exact) mass is 410 g/mol. The average Bonchev–Trinajstić information content (AvgIpc) is 3.37. The fourth-order valence-electron chi connectivity index (χ4n) is 4.23. The van der Waals surface area contributed by atoms with E-state index in [1.165, 1.54) is 0 Å². The summed E-state index contributed by atoms with van der Waals surface area (Å²) in [7, 11) is 2.11. The fraction of sp³-hybridized carbons (Fsp3) is 0.524. The van der Waals surface area contributed by atoms with Gasteiger partial charge >= 0.3 is 0 Å². The molecule has 0 aromatic carbocycles. The lowest BCUT2D eigenvalue weighted by Gasteiger charge is -2.42. The van der Waals surface area contributed by atoms with Gasteiger partial charge in [-0.15, -0.1) is 11.8 Å². The summed E-state index contributed by atoms with van der Waals surface area (Å²) in [4.78, 5) is 29.2. The fourth-order valence-corrected chi connectivity index (χ4v) is 5.28. The van der Waals surface area contributed by atoms with Crippen LogP contribution in [-0.4, -0.2) is 63.8 Å². The van der Waals surface area contributed by atoms with Gasteiger partial charge in [-0.3, -0.25) is 9.79 Å². The van der Waals surface area contributed by atoms with Crippen molar-refractivity contribution in [1.29, 1.82) is 5.26 Å². The maximum absolute atomic E-state index is 12.9. The quantitative estimate of drug-likeness (QED) is 0.818. The van der Waals surface area contributed by atoms with E-state index in [1.54, 1.807) is 11.8 Å². The number of thioether (sulfide) groups is 1. The van der Waals surface area contributed by atoms with Crippen LogP contribution in [0.2, 0.25) is 0 Å². The van der Waals surface area contributed by atoms with E-state index >= 15 is 0 Å². The molecule has 0 bridgehead atoms. The lowest BCUT2D eigenvalue weighted by Crippen LogP contribution is -2.52. The third kappa shape index (κ3) is 4.10. The van der Waals surface area contributed by atoms with Crippen LogP contribution in [0.25, 0.3) is 11.0 Å². The third-order valence-electron chi connectivity index (χ3n) is 5.98. The Bertz CT molecular complexity index is 963. The number of likely N-dealkylation sites (tertiary alicyclic amines) is 1. The van der Waals surface area contributed by atoms with E-state index in [0.717, 1.165) is 34.7 Å². The van der Waals surface area contributed by atoms with Crippen LogP contribution in [0.5, 0.6) is 0 Å². The van der Waals surface area contributed by atoms with E-state index < -0.39 is 0 Å². The van der Waals surface area contributed by atoms with Crippen LogP contribution < -0.4 is 4.90 Å². The van der Waals surface area contributed by atoms with Crippen molar-refractivity contribution in [3.63, 3.8) is 0 Å². The van der Waals surface area contributed by atoms with Crippen molar-refractivity contribution < 1.29 is 4.79 Å². The number of nitrogens with zero attached hydrogens (tertiary/aromatic N) is 5. The molecule has 7 nitrogen and oxygen atoms in total. The number of aromatic amines is 1. The Morgan fingerprint density at radius 2 is 2.34 bits per heavy atom. The highest BCUT2D eigenvalue weighted by atomic mass is 32.2. The lowest BCUT2D eigenvalue weighted by atomic mass is 9.91. The third-order valence-corrected chi connectivity index (χ3v) is 7.18. The number of nitriles is 1. The molecule has 1 fully saturated rings. The first-order valence-corrected chi connectivity index (χ1v) is 10.9. The Kier molecular flexibility index (Phi) is 5.76. The number of aliphatic imine (C=N–C) groups is 1. The maximum Gasteiger partial charge on any atom is 0.229 e. The van der Waals surface area contributed by atoms with Gasteiger partial charge in [-0.05, 0) is 24.5 Å². The minimum atomic E-state index is 0.140. The summed E-state index contributed by atoms with van der Waals surface area (Å²) < 4.78 is 0. The maximum atomic E-state index is 12.9. The van der Waals surface area contributed by atoms with E-state index in [-0.39, 0.29) is 17.2 Å². The number of nitrogens with one attached hydrogen (secondary N) is 1. The molecule has 2 aromatic rings. The van der Waals surface area contributed by atoms with Gasteiger partial charge in [0.15, 0.2) is 0 Å². The normalized spacial score (nSPS) is 24.4. The van der Waals surface area contributed by atoms with E-state index in [2.05, 4.69) is 46.0 Å². The molecule has 1 amide bonds. The number of hydrogen-bond acceptors (Lipinski definition) is 6. The minimum Gasteiger partial charge on any atom is -0.369 e. The molecule has 1 saturated heterocycles. The second-order valence-corrected chi connectivity index (χ2v) is 9.24. The van der Waals surface area contributed by atoms with Gasteiger partial charge in [-0.25, -0.2) is 4.98 Å². The van der Waals surface area contributed by atoms with Gasteiger partial charge in [0.25, 0.3) is 0 Å². The molecule has 4 rings (SSSR count). The van der Waals surface area contributed by atoms with Crippen LogP contribution in [-0.2, 0) is 4.79 Å². The molecule has 0 saturated carbocycles. The van der Waals surface area contributed by atoms with E-state index in [1.807, 2.05) is 23.4 Å². The van der Waals surface area contributed by atoms with Crippen LogP contribution in [0.15, 0.2) is 29.5 Å². The van der Waals surface area contributed by atoms with Crippen LogP contribution in [0.3, 0.4) is 0 Å². The van der Waals surface area contributed by atoms with Crippen molar-refractivity contribution in [1.82, 2.24) is 14.9 Å². The summed E-state index contributed by atoms with van der Waals surface area (Å²) in [5.74, 6) is 0.630. The van der Waals surface area contributed by atoms with Crippen molar-refractivity contribution in [2.75, 3.05) is 31.6 Å². The number of rotatable bonds is 5. The molecule has 29 heavy (non-hydrogen) atoms. The smallest absolute Gasteiger partial charge is 0.229 e. The molecule has 8 heteroatoms. The highest BCUT2D eigenvalue weighted by Gasteiger charge is 2.33. The highest BCUT2D eigenvalue weighted by molar-refractivity contribution is 8.14. The van der Waals surface area contributed by atoms with Gasteiger partial charge in [0.05, 0.1) is 24.1 Å². The summed E-state index contributed by atoms with van der Waals surface area (Å²) in [6, 6.07) is 6.54. The van der Waals surface area contributed by atoms with Crippen LogP contribution in [0.1, 0.15) is 26.2 Å². The lowest BCUT2D eigenvalue weighted by molar-refractivity contribution is -0.131. The van der Waals surface area contributed by atoms with Crippen molar-refractivity contribution in [3.05, 3.63) is 24.5 Å². The average molecular weight is 411 g/mol. The summed E-state index contributed by atoms with van der Waals surface area (Å²) >= 11 is 1.59. The molecular formula is C21H26N6OS. The summed E-state index contributed by atoms with van der Waals surface area (Å²) in [5, 5.41) is 11.0. The Hall–Kier alpha value is -2.53. The van der Waals surface area contributed by atoms with Gasteiger partial charge in [-0.1, -0.05) is 6.92 Å². The topological polar surface area (TPSA) is 88.4 Å². The Labute approximate surface area is 175 Å². The van der Waals surface area contributed by atoms with E-state index in [4.69, 9.17) is 5.26 Å². The number of H-pyrrole nitrogens is 1. The van der Waals surface area contributed by atoms with Gasteiger partial charge in [0, 0.05) is 61.3 Å². The van der Waals surface area contributed by atoms with Gasteiger partial charge in [0.2, 0.25) is 5.91 Å². The van der Waals surface area contributed by atoms with Gasteiger partial charge < -0.3 is 14.8 Å². The molecule has 1 N–H and O–H groups in total. The molecule has 0 aliphatic carbocycles. The number of piperidine rings is 1. The number of carbonyl (C=O) groups excluding carboxylic acids is 1. The predicted molar refractivity (Wildman–Crippen MR) is 117 cm³/mol. The van der Waals surface area contributed by atoms with Crippen LogP contribution in [0.4, 0.5) is 5.69 Å². The van der Waals surface area contributed by atoms with Crippen LogP contribution in [0, 0.1) is 17.2 Å². The van der Waals surface area contributed by atoms with Crippen molar-refractivity contribution >= 4 is 39.4 Å². The molecule has 0 radical (unpaired) electrons. The standard InChI is InChI=1S/C21H26N6OS/c1-14-6-10-27(20(28)11-19-25-12-15(29-19)3-7-22)13-18(14)26(2)17-5-9-24-21-16(17)4-8-23-21/h4-5,8-9,14-15,18H,3,6,10-13H2,1-2H3,(H,23,24)/t14-,15?,18+/m1/s1. The largest absolute Gasteiger partial charge is 0.369 e. The zero-order chi connectivity index (χ0) is 20.4. The zero-order valence-corrected chi connectivity index (χ0v) is 17.7. The van der Waals surface area contributed by atoms with E-state index in [9.17, 15) is 4.79 Å². The van der Waals surface area contributed by atoms with Crippen LogP contribution >= 0.6 is 11.8 Å². The van der Waals surface area contributed by atoms with Crippen molar-refractivity contribution in [3.8, 4) is 6.07 Å². The summed E-state index contributed by atoms with van der Waals surface area (Å²) in [6.07, 6.45) is 5.57. The molecule has 3 atom stereocenters. The number of likely N-dealkylation sites (N-methyl/N-ethyl adjacent to an activating group) is 1. The van der Waals surface area contributed by atoms with E-state index in [0.29, 0.717) is 31.8 Å². The number of aromatic nitrogens is 2. The highest BCUT2D eigenvalue weighted by Crippen LogP contribution is 2.31. The number of amides is 1. The molecule has 2 aromatic heterocycles. The molecule has 0 spiro atoms. The number of pyridine rings is 1. The predicted octanol–water partition coefficient (Wildman–Crippen LogP) is 3.05. The molecule has 152 valence electrons. The molecule has 2 aliphatic rings. The van der Waals surface area contributed by atoms with Crippen molar-refractivity contribution in [2.45, 2.75) is 37.5 Å². The SMILES string of the molecule is C[C@@H]1CCN(C(=O)CC2=NCC(CC#N)S2)C[C@@H]1N(C)c1ccnc2[nH]ccc12. The first-order chi connectivity index (χ1) is 14.1. The molecular weight excluding hydrogens is 384 g/mol. The molecule has 4 heterocycles. The Morgan fingerprint density at radius 3 is 3.17 bits per heavy atom. The number of anilines is 1. The number of hydrogen-bond donors (Lipinski definition) is 1. The van der Waals surface area contributed by atoms with Gasteiger partial charge in [0.1, 0.15) is 5.65 Å². The molecule has 1 unspecified atom stereocenters. The van der Waals surface area contributed by atoms with Crippen molar-refractivity contribution in [2.24, 2.45) is 10.9 Å². The Balaban J connectivity index is 1.43. The zero-order valence-electron chi connectivity index (χ0n) is 16.8. The second kappa shape index (κ2) is 8.46. The summed E-state index contributed by atoms with van der Waals surface area (Å²) in [6.45, 7) is 4.42.